The van der Waals surface area contributed by atoms with Crippen molar-refractivity contribution >= 4 is 11.9 Å². The highest BCUT2D eigenvalue weighted by Crippen LogP contribution is 2.26. The number of hydrogen-bond acceptors (Lipinski definition) is 6. The number of tetrazole rings is 1. The highest BCUT2D eigenvalue weighted by Gasteiger charge is 2.34. The molecule has 3 atom stereocenters. The van der Waals surface area contributed by atoms with E-state index in [-0.39, 0.29) is 18.0 Å². The van der Waals surface area contributed by atoms with E-state index in [1.165, 1.54) is 12.8 Å². The molecule has 2 fully saturated rings. The summed E-state index contributed by atoms with van der Waals surface area (Å²) < 4.78 is 1.61. The molecule has 1 aromatic heterocycles. The van der Waals surface area contributed by atoms with E-state index in [1.54, 1.807) is 4.68 Å². The van der Waals surface area contributed by atoms with Crippen LogP contribution in [0.15, 0.2) is 30.3 Å². The minimum Gasteiger partial charge on any atom is -0.351 e. The third kappa shape index (κ3) is 3.55. The molecule has 8 nitrogen and oxygen atoms in total. The van der Waals surface area contributed by atoms with Crippen molar-refractivity contribution in [2.45, 2.75) is 63.2 Å². The second kappa shape index (κ2) is 7.41. The van der Waals surface area contributed by atoms with E-state index in [1.807, 2.05) is 37.3 Å². The number of nitrogens with one attached hydrogen (secondary N) is 3. The number of hydrogen-bond donors (Lipinski definition) is 3. The number of carbonyl (C=O) groups excluding carboxylic acids is 1. The van der Waals surface area contributed by atoms with Crippen LogP contribution in [0.1, 0.15) is 39.0 Å². The Morgan fingerprint density at radius 3 is 2.69 bits per heavy atom. The van der Waals surface area contributed by atoms with E-state index in [0.717, 1.165) is 18.5 Å². The van der Waals surface area contributed by atoms with Crippen LogP contribution in [0.5, 0.6) is 0 Å². The Kier molecular flexibility index (Phi) is 4.83. The summed E-state index contributed by atoms with van der Waals surface area (Å²) in [5.74, 6) is 0.491. The maximum absolute atomic E-state index is 12.8. The van der Waals surface area contributed by atoms with Gasteiger partial charge in [-0.15, -0.1) is 0 Å². The van der Waals surface area contributed by atoms with E-state index in [9.17, 15) is 4.79 Å². The summed E-state index contributed by atoms with van der Waals surface area (Å²) in [6, 6.07) is 10.6. The lowest BCUT2D eigenvalue weighted by molar-refractivity contribution is -0.122. The molecule has 2 bridgehead atoms. The van der Waals surface area contributed by atoms with Crippen LogP contribution >= 0.6 is 0 Å². The monoisotopic (exact) mass is 355 g/mol. The smallest absolute Gasteiger partial charge is 0.248 e. The van der Waals surface area contributed by atoms with Crippen molar-refractivity contribution in [3.8, 4) is 5.69 Å². The fraction of sp³-hybridized carbons (Fsp3) is 0.556. The molecular weight excluding hydrogens is 330 g/mol. The third-order valence-electron chi connectivity index (χ3n) is 5.32. The van der Waals surface area contributed by atoms with Gasteiger partial charge in [0.1, 0.15) is 6.04 Å². The first kappa shape index (κ1) is 17.0. The van der Waals surface area contributed by atoms with Crippen LogP contribution in [-0.2, 0) is 4.79 Å². The van der Waals surface area contributed by atoms with E-state index in [2.05, 4.69) is 31.5 Å². The van der Waals surface area contributed by atoms with Crippen molar-refractivity contribution in [1.82, 2.24) is 30.8 Å². The first-order valence-corrected chi connectivity index (χ1v) is 9.39. The van der Waals surface area contributed by atoms with Crippen molar-refractivity contribution < 1.29 is 4.79 Å². The summed E-state index contributed by atoms with van der Waals surface area (Å²) in [5, 5.41) is 21.9. The first-order valence-electron chi connectivity index (χ1n) is 9.39. The number of amides is 1. The van der Waals surface area contributed by atoms with Crippen molar-refractivity contribution in [1.29, 1.82) is 0 Å². The number of para-hydroxylation sites is 1. The molecule has 138 valence electrons. The lowest BCUT2D eigenvalue weighted by Crippen LogP contribution is -2.51. The Hall–Kier alpha value is -2.48. The molecule has 1 amide bonds. The summed E-state index contributed by atoms with van der Waals surface area (Å²) in [6.45, 7) is 1.99. The van der Waals surface area contributed by atoms with Gasteiger partial charge in [0.05, 0.1) is 5.69 Å². The molecule has 0 radical (unpaired) electrons. The highest BCUT2D eigenvalue weighted by atomic mass is 16.2. The van der Waals surface area contributed by atoms with Crippen LogP contribution in [0.3, 0.4) is 0 Å². The van der Waals surface area contributed by atoms with Crippen LogP contribution in [0.4, 0.5) is 5.95 Å². The Morgan fingerprint density at radius 1 is 1.27 bits per heavy atom. The van der Waals surface area contributed by atoms with Crippen LogP contribution in [0.25, 0.3) is 5.69 Å². The molecule has 1 aromatic carbocycles. The molecule has 4 rings (SSSR count). The van der Waals surface area contributed by atoms with Gasteiger partial charge in [-0.2, -0.15) is 4.68 Å². The number of nitrogens with zero attached hydrogens (tertiary/aromatic N) is 4. The van der Waals surface area contributed by atoms with E-state index in [4.69, 9.17) is 0 Å². The quantitative estimate of drug-likeness (QED) is 0.722. The summed E-state index contributed by atoms with van der Waals surface area (Å²) in [5.41, 5.74) is 0.852. The number of piperidine rings is 1. The normalized spacial score (nSPS) is 25.7. The van der Waals surface area contributed by atoms with Crippen molar-refractivity contribution in [2.24, 2.45) is 0 Å². The standard InChI is InChI=1S/C18H25N7O/c1-2-16(17(26)20-14-10-12-8-9-13(11-14)19-12)21-18-22-23-24-25(18)15-6-4-3-5-7-15/h3-7,12-14,16,19H,2,8-11H2,1H3,(H,20,26)(H,21,22,24). The second-order valence-electron chi connectivity index (χ2n) is 7.17. The molecule has 3 heterocycles. The number of aromatic nitrogens is 4. The molecule has 3 unspecified atom stereocenters. The van der Waals surface area contributed by atoms with Gasteiger partial charge in [0.2, 0.25) is 11.9 Å². The van der Waals surface area contributed by atoms with Gasteiger partial charge in [0.15, 0.2) is 0 Å². The predicted molar refractivity (Wildman–Crippen MR) is 98.0 cm³/mol. The highest BCUT2D eigenvalue weighted by molar-refractivity contribution is 5.84. The van der Waals surface area contributed by atoms with Gasteiger partial charge in [-0.25, -0.2) is 0 Å². The third-order valence-corrected chi connectivity index (χ3v) is 5.32. The summed E-state index contributed by atoms with van der Waals surface area (Å²) in [7, 11) is 0. The lowest BCUT2D eigenvalue weighted by Gasteiger charge is -2.31. The molecule has 2 aromatic rings. The van der Waals surface area contributed by atoms with Gasteiger partial charge >= 0.3 is 0 Å². The van der Waals surface area contributed by atoms with Gasteiger partial charge in [-0.1, -0.05) is 30.2 Å². The number of carbonyl (C=O) groups is 1. The van der Waals surface area contributed by atoms with Gasteiger partial charge in [0, 0.05) is 18.1 Å². The maximum atomic E-state index is 12.8. The zero-order chi connectivity index (χ0) is 17.9. The molecule has 8 heteroatoms. The molecule has 0 saturated carbocycles. The minimum absolute atomic E-state index is 0.0152. The zero-order valence-electron chi connectivity index (χ0n) is 14.9. The fourth-order valence-corrected chi connectivity index (χ4v) is 4.01. The van der Waals surface area contributed by atoms with E-state index < -0.39 is 0 Å². The summed E-state index contributed by atoms with van der Waals surface area (Å²) in [6.07, 6.45) is 5.13. The van der Waals surface area contributed by atoms with Crippen LogP contribution in [0, 0.1) is 0 Å². The molecule has 2 aliphatic heterocycles. The predicted octanol–water partition coefficient (Wildman–Crippen LogP) is 1.25. The van der Waals surface area contributed by atoms with Gasteiger partial charge < -0.3 is 16.0 Å². The Morgan fingerprint density at radius 2 is 2.00 bits per heavy atom. The van der Waals surface area contributed by atoms with E-state index in [0.29, 0.717) is 24.5 Å². The van der Waals surface area contributed by atoms with Crippen LogP contribution in [0.2, 0.25) is 0 Å². The van der Waals surface area contributed by atoms with Crippen LogP contribution < -0.4 is 16.0 Å². The zero-order valence-corrected chi connectivity index (χ0v) is 14.9. The van der Waals surface area contributed by atoms with Crippen molar-refractivity contribution in [3.05, 3.63) is 30.3 Å². The number of anilines is 1. The fourth-order valence-electron chi connectivity index (χ4n) is 4.01. The molecule has 0 spiro atoms. The molecular formula is C18H25N7O. The first-order chi connectivity index (χ1) is 12.7. The van der Waals surface area contributed by atoms with Gasteiger partial charge in [-0.3, -0.25) is 4.79 Å². The molecule has 3 N–H and O–H groups in total. The van der Waals surface area contributed by atoms with E-state index >= 15 is 0 Å². The SMILES string of the molecule is CCC(Nc1nnnn1-c1ccccc1)C(=O)NC1CC2CCC(C1)N2. The maximum Gasteiger partial charge on any atom is 0.248 e. The number of rotatable bonds is 6. The molecule has 2 aliphatic rings. The number of fused-ring (bicyclic) bond motifs is 2. The number of benzene rings is 1. The van der Waals surface area contributed by atoms with Crippen molar-refractivity contribution in [3.63, 3.8) is 0 Å². The molecule has 2 saturated heterocycles. The molecule has 0 aliphatic carbocycles. The van der Waals surface area contributed by atoms with Gasteiger partial charge in [0.25, 0.3) is 0 Å². The lowest BCUT2D eigenvalue weighted by atomic mass is 9.99. The molecule has 26 heavy (non-hydrogen) atoms. The minimum atomic E-state index is -0.365. The summed E-state index contributed by atoms with van der Waals surface area (Å²) >= 11 is 0. The van der Waals surface area contributed by atoms with Crippen LogP contribution in [-0.4, -0.2) is 50.3 Å². The average Bonchev–Trinajstić information content (AvgIpc) is 3.26. The Labute approximate surface area is 152 Å². The second-order valence-corrected chi connectivity index (χ2v) is 7.17. The average molecular weight is 355 g/mol. The Balaban J connectivity index is 1.42. The topological polar surface area (TPSA) is 96.8 Å². The Bertz CT molecular complexity index is 735. The largest absolute Gasteiger partial charge is 0.351 e. The summed E-state index contributed by atoms with van der Waals surface area (Å²) in [4.78, 5) is 12.8. The van der Waals surface area contributed by atoms with Crippen molar-refractivity contribution in [2.75, 3.05) is 5.32 Å². The van der Waals surface area contributed by atoms with Gasteiger partial charge in [-0.05, 0) is 54.7 Å².